The molecule has 0 bridgehead atoms. The summed E-state index contributed by atoms with van der Waals surface area (Å²) in [7, 11) is 0. The van der Waals surface area contributed by atoms with E-state index in [4.69, 9.17) is 4.74 Å². The topological polar surface area (TPSA) is 64.1 Å². The Kier molecular flexibility index (Phi) is 6.69. The number of carbonyl (C=O) groups is 1. The van der Waals surface area contributed by atoms with Crippen molar-refractivity contribution in [1.29, 1.82) is 0 Å². The number of carbonyl (C=O) groups excluding carboxylic acids is 1. The predicted octanol–water partition coefficient (Wildman–Crippen LogP) is 4.66. The van der Waals surface area contributed by atoms with Gasteiger partial charge in [-0.15, -0.1) is 10.2 Å². The van der Waals surface area contributed by atoms with Gasteiger partial charge < -0.3 is 10.1 Å². The van der Waals surface area contributed by atoms with Crippen molar-refractivity contribution in [2.75, 3.05) is 17.7 Å². The number of nitrogens with zero attached hydrogens (tertiary/aromatic N) is 2. The second-order valence-electron chi connectivity index (χ2n) is 6.10. The SMILES string of the molecule is CC(=O)c1ccccc1OCCSc1nnc(NC2CCCCC2)s1. The highest BCUT2D eigenvalue weighted by Crippen LogP contribution is 2.28. The molecular formula is C18H23N3O2S2. The molecular weight excluding hydrogens is 354 g/mol. The molecule has 0 amide bonds. The number of thioether (sulfide) groups is 1. The highest BCUT2D eigenvalue weighted by atomic mass is 32.2. The summed E-state index contributed by atoms with van der Waals surface area (Å²) in [5.74, 6) is 1.43. The van der Waals surface area contributed by atoms with E-state index in [2.05, 4.69) is 15.5 Å². The van der Waals surface area contributed by atoms with Crippen molar-refractivity contribution in [2.24, 2.45) is 0 Å². The Labute approximate surface area is 156 Å². The van der Waals surface area contributed by atoms with Crippen LogP contribution in [0.15, 0.2) is 28.6 Å². The third kappa shape index (κ3) is 5.44. The molecule has 1 aliphatic carbocycles. The van der Waals surface area contributed by atoms with Crippen LogP contribution in [0.3, 0.4) is 0 Å². The molecule has 1 saturated carbocycles. The van der Waals surface area contributed by atoms with Gasteiger partial charge in [0.05, 0.1) is 12.2 Å². The summed E-state index contributed by atoms with van der Waals surface area (Å²) in [5, 5.41) is 12.9. The van der Waals surface area contributed by atoms with E-state index in [9.17, 15) is 4.79 Å². The lowest BCUT2D eigenvalue weighted by Gasteiger charge is -2.21. The van der Waals surface area contributed by atoms with Crippen LogP contribution in [0.2, 0.25) is 0 Å². The highest BCUT2D eigenvalue weighted by molar-refractivity contribution is 8.01. The summed E-state index contributed by atoms with van der Waals surface area (Å²) in [4.78, 5) is 11.6. The molecule has 0 unspecified atom stereocenters. The van der Waals surface area contributed by atoms with Crippen molar-refractivity contribution >= 4 is 34.0 Å². The van der Waals surface area contributed by atoms with Crippen molar-refractivity contribution in [3.8, 4) is 5.75 Å². The number of hydrogen-bond donors (Lipinski definition) is 1. The molecule has 25 heavy (non-hydrogen) atoms. The minimum atomic E-state index is 0.0193. The number of Topliss-reactive ketones (excluding diaryl/α,β-unsaturated/α-hetero) is 1. The van der Waals surface area contributed by atoms with Gasteiger partial charge in [0.15, 0.2) is 10.1 Å². The molecule has 0 aliphatic heterocycles. The fourth-order valence-electron chi connectivity index (χ4n) is 2.91. The fourth-order valence-corrected chi connectivity index (χ4v) is 4.63. The predicted molar refractivity (Wildman–Crippen MR) is 103 cm³/mol. The molecule has 1 aromatic heterocycles. The third-order valence-corrected chi connectivity index (χ3v) is 6.12. The molecule has 0 saturated heterocycles. The van der Waals surface area contributed by atoms with Crippen molar-refractivity contribution < 1.29 is 9.53 Å². The lowest BCUT2D eigenvalue weighted by molar-refractivity contribution is 0.101. The number of nitrogens with one attached hydrogen (secondary N) is 1. The smallest absolute Gasteiger partial charge is 0.206 e. The van der Waals surface area contributed by atoms with Crippen LogP contribution < -0.4 is 10.1 Å². The van der Waals surface area contributed by atoms with Gasteiger partial charge in [0.25, 0.3) is 0 Å². The Balaban J connectivity index is 1.43. The van der Waals surface area contributed by atoms with Crippen molar-refractivity contribution in [2.45, 2.75) is 49.4 Å². The average molecular weight is 378 g/mol. The number of ketones is 1. The molecule has 1 fully saturated rings. The zero-order valence-corrected chi connectivity index (χ0v) is 16.0. The second kappa shape index (κ2) is 9.20. The molecule has 5 nitrogen and oxygen atoms in total. The summed E-state index contributed by atoms with van der Waals surface area (Å²) in [6, 6.07) is 7.90. The maximum Gasteiger partial charge on any atom is 0.206 e. The van der Waals surface area contributed by atoms with E-state index >= 15 is 0 Å². The quantitative estimate of drug-likeness (QED) is 0.410. The van der Waals surface area contributed by atoms with Crippen LogP contribution >= 0.6 is 23.1 Å². The first-order valence-corrected chi connectivity index (χ1v) is 10.5. The minimum Gasteiger partial charge on any atom is -0.492 e. The minimum absolute atomic E-state index is 0.0193. The molecule has 0 atom stereocenters. The van der Waals surface area contributed by atoms with Gasteiger partial charge in [-0.05, 0) is 31.9 Å². The monoisotopic (exact) mass is 377 g/mol. The van der Waals surface area contributed by atoms with Crippen LogP contribution in [0.1, 0.15) is 49.4 Å². The van der Waals surface area contributed by atoms with Crippen LogP contribution in [-0.2, 0) is 0 Å². The summed E-state index contributed by atoms with van der Waals surface area (Å²) >= 11 is 3.23. The summed E-state index contributed by atoms with van der Waals surface area (Å²) in [5.41, 5.74) is 0.627. The molecule has 0 spiro atoms. The molecule has 1 heterocycles. The van der Waals surface area contributed by atoms with E-state index < -0.39 is 0 Å². The molecule has 1 N–H and O–H groups in total. The largest absolute Gasteiger partial charge is 0.492 e. The van der Waals surface area contributed by atoms with Crippen molar-refractivity contribution in [3.63, 3.8) is 0 Å². The average Bonchev–Trinajstić information content (AvgIpc) is 3.07. The van der Waals surface area contributed by atoms with Gasteiger partial charge in [0.1, 0.15) is 5.75 Å². The number of rotatable bonds is 8. The van der Waals surface area contributed by atoms with Gasteiger partial charge >= 0.3 is 0 Å². The Morgan fingerprint density at radius 1 is 1.28 bits per heavy atom. The van der Waals surface area contributed by atoms with E-state index in [-0.39, 0.29) is 5.78 Å². The Bertz CT molecular complexity index is 699. The fraction of sp³-hybridized carbons (Fsp3) is 0.500. The standard InChI is InChI=1S/C18H23N3O2S2/c1-13(22)15-9-5-6-10-16(15)23-11-12-24-18-21-20-17(25-18)19-14-7-3-2-4-8-14/h5-6,9-10,14H,2-4,7-8,11-12H2,1H3,(H,19,20). The van der Waals surface area contributed by atoms with Crippen molar-refractivity contribution in [3.05, 3.63) is 29.8 Å². The number of para-hydroxylation sites is 1. The lowest BCUT2D eigenvalue weighted by Crippen LogP contribution is -2.21. The zero-order valence-electron chi connectivity index (χ0n) is 14.4. The number of benzene rings is 1. The lowest BCUT2D eigenvalue weighted by atomic mass is 9.96. The van der Waals surface area contributed by atoms with E-state index in [1.165, 1.54) is 32.1 Å². The van der Waals surface area contributed by atoms with Crippen LogP contribution in [0.25, 0.3) is 0 Å². The van der Waals surface area contributed by atoms with E-state index in [1.54, 1.807) is 36.1 Å². The number of hydrogen-bond acceptors (Lipinski definition) is 7. The van der Waals surface area contributed by atoms with Gasteiger partial charge in [-0.1, -0.05) is 54.5 Å². The van der Waals surface area contributed by atoms with Gasteiger partial charge in [-0.3, -0.25) is 4.79 Å². The second-order valence-corrected chi connectivity index (χ2v) is 8.42. The number of ether oxygens (including phenoxy) is 1. The van der Waals surface area contributed by atoms with Gasteiger partial charge in [0.2, 0.25) is 5.13 Å². The van der Waals surface area contributed by atoms with Crippen LogP contribution in [0.4, 0.5) is 5.13 Å². The van der Waals surface area contributed by atoms with Crippen molar-refractivity contribution in [1.82, 2.24) is 10.2 Å². The molecule has 0 radical (unpaired) electrons. The van der Waals surface area contributed by atoms with Crippen LogP contribution in [0, 0.1) is 0 Å². The Hall–Kier alpha value is -1.60. The maximum atomic E-state index is 11.6. The first-order chi connectivity index (χ1) is 12.2. The van der Waals surface area contributed by atoms with Gasteiger partial charge in [-0.2, -0.15) is 0 Å². The number of aromatic nitrogens is 2. The van der Waals surface area contributed by atoms with Crippen LogP contribution in [-0.4, -0.2) is 34.4 Å². The number of anilines is 1. The highest BCUT2D eigenvalue weighted by Gasteiger charge is 2.15. The van der Waals surface area contributed by atoms with E-state index in [0.717, 1.165) is 15.2 Å². The summed E-state index contributed by atoms with van der Waals surface area (Å²) in [6.45, 7) is 2.08. The maximum absolute atomic E-state index is 11.6. The molecule has 7 heteroatoms. The van der Waals surface area contributed by atoms with E-state index in [0.29, 0.717) is 24.0 Å². The molecule has 3 rings (SSSR count). The van der Waals surface area contributed by atoms with Gasteiger partial charge in [-0.25, -0.2) is 0 Å². The first kappa shape index (κ1) is 18.2. The van der Waals surface area contributed by atoms with E-state index in [1.807, 2.05) is 18.2 Å². The molecule has 1 aliphatic rings. The first-order valence-electron chi connectivity index (χ1n) is 8.68. The molecule has 1 aromatic carbocycles. The third-order valence-electron chi connectivity index (χ3n) is 4.17. The summed E-state index contributed by atoms with van der Waals surface area (Å²) < 4.78 is 6.69. The summed E-state index contributed by atoms with van der Waals surface area (Å²) in [6.07, 6.45) is 6.41. The van der Waals surface area contributed by atoms with Crippen LogP contribution in [0.5, 0.6) is 5.75 Å². The molecule has 2 aromatic rings. The molecule has 134 valence electrons. The Morgan fingerprint density at radius 3 is 2.88 bits per heavy atom. The Morgan fingerprint density at radius 2 is 2.08 bits per heavy atom. The van der Waals surface area contributed by atoms with Gasteiger partial charge in [0, 0.05) is 11.8 Å². The zero-order chi connectivity index (χ0) is 17.5. The normalized spacial score (nSPS) is 15.1.